The van der Waals surface area contributed by atoms with Gasteiger partial charge in [0, 0.05) is 49.4 Å². The largest absolute Gasteiger partial charge is 0.353 e. The Hall–Kier alpha value is -2.47. The lowest BCUT2D eigenvalue weighted by Gasteiger charge is -2.37. The number of amides is 1. The second-order valence-electron chi connectivity index (χ2n) is 8.78. The van der Waals surface area contributed by atoms with Crippen molar-refractivity contribution in [3.05, 3.63) is 36.7 Å². The van der Waals surface area contributed by atoms with E-state index in [-0.39, 0.29) is 11.8 Å². The number of carbonyl (C=O) groups is 1. The third-order valence-electron chi connectivity index (χ3n) is 6.43. The van der Waals surface area contributed by atoms with Crippen molar-refractivity contribution in [3.63, 3.8) is 0 Å². The van der Waals surface area contributed by atoms with Crippen LogP contribution in [0.25, 0.3) is 11.3 Å². The second kappa shape index (κ2) is 9.56. The van der Waals surface area contributed by atoms with Crippen LogP contribution in [-0.4, -0.2) is 53.0 Å². The fourth-order valence-electron chi connectivity index (χ4n) is 4.43. The molecule has 0 atom stereocenters. The summed E-state index contributed by atoms with van der Waals surface area (Å²) in [6, 6.07) is 8.51. The van der Waals surface area contributed by atoms with Gasteiger partial charge in [-0.1, -0.05) is 31.4 Å². The number of nitrogens with one attached hydrogen (secondary N) is 1. The van der Waals surface area contributed by atoms with E-state index in [1.54, 1.807) is 0 Å². The maximum absolute atomic E-state index is 12.4. The summed E-state index contributed by atoms with van der Waals surface area (Å²) in [5.74, 6) is 1.27. The van der Waals surface area contributed by atoms with Crippen molar-refractivity contribution in [2.75, 3.05) is 36.4 Å². The maximum atomic E-state index is 12.4. The predicted octanol–water partition coefficient (Wildman–Crippen LogP) is 4.19. The Morgan fingerprint density at radius 3 is 2.27 bits per heavy atom. The zero-order chi connectivity index (χ0) is 20.9. The molecule has 0 unspecified atom stereocenters. The van der Waals surface area contributed by atoms with Crippen LogP contribution in [0.15, 0.2) is 36.7 Å². The molecule has 0 radical (unpaired) electrons. The summed E-state index contributed by atoms with van der Waals surface area (Å²) >= 11 is 0. The monoisotopic (exact) mass is 407 g/mol. The number of aromatic nitrogens is 2. The van der Waals surface area contributed by atoms with Crippen LogP contribution in [0.5, 0.6) is 0 Å². The van der Waals surface area contributed by atoms with E-state index < -0.39 is 0 Å². The highest BCUT2D eigenvalue weighted by Crippen LogP contribution is 2.26. The summed E-state index contributed by atoms with van der Waals surface area (Å²) in [6.07, 6.45) is 9.33. The second-order valence-corrected chi connectivity index (χ2v) is 8.78. The molecular weight excluding hydrogens is 374 g/mol. The van der Waals surface area contributed by atoms with Crippen molar-refractivity contribution in [2.24, 2.45) is 5.92 Å². The Bertz CT molecular complexity index is 820. The summed E-state index contributed by atoms with van der Waals surface area (Å²) in [7, 11) is 0. The van der Waals surface area contributed by atoms with Gasteiger partial charge in [0.05, 0.1) is 18.1 Å². The Labute approximate surface area is 179 Å². The van der Waals surface area contributed by atoms with E-state index in [9.17, 15) is 4.79 Å². The zero-order valence-electron chi connectivity index (χ0n) is 18.2. The first-order valence-corrected chi connectivity index (χ1v) is 11.3. The SMILES string of the molecule is CC(C)N1CCN(c2cnc(-c3ccc(NC(=O)C4CCCCC4)cc3)cn2)CC1. The fourth-order valence-corrected chi connectivity index (χ4v) is 4.43. The van der Waals surface area contributed by atoms with Crippen molar-refractivity contribution >= 4 is 17.4 Å². The number of nitrogens with zero attached hydrogens (tertiary/aromatic N) is 4. The third-order valence-corrected chi connectivity index (χ3v) is 6.43. The summed E-state index contributed by atoms with van der Waals surface area (Å²) in [5, 5.41) is 3.07. The van der Waals surface area contributed by atoms with Crippen molar-refractivity contribution < 1.29 is 4.79 Å². The first-order valence-electron chi connectivity index (χ1n) is 11.3. The number of anilines is 2. The van der Waals surface area contributed by atoms with E-state index in [0.717, 1.165) is 61.8 Å². The van der Waals surface area contributed by atoms with Crippen LogP contribution < -0.4 is 10.2 Å². The lowest BCUT2D eigenvalue weighted by molar-refractivity contribution is -0.120. The van der Waals surface area contributed by atoms with Crippen LogP contribution in [0.2, 0.25) is 0 Å². The molecule has 2 aromatic rings. The number of hydrogen-bond acceptors (Lipinski definition) is 5. The summed E-state index contributed by atoms with van der Waals surface area (Å²) in [5.41, 5.74) is 2.71. The molecule has 2 fully saturated rings. The molecule has 30 heavy (non-hydrogen) atoms. The molecule has 1 aromatic heterocycles. The van der Waals surface area contributed by atoms with Gasteiger partial charge in [-0.15, -0.1) is 0 Å². The summed E-state index contributed by atoms with van der Waals surface area (Å²) < 4.78 is 0. The first kappa shape index (κ1) is 20.8. The van der Waals surface area contributed by atoms with Gasteiger partial charge in [0.1, 0.15) is 5.82 Å². The highest BCUT2D eigenvalue weighted by Gasteiger charge is 2.21. The van der Waals surface area contributed by atoms with Crippen LogP contribution >= 0.6 is 0 Å². The molecule has 1 saturated heterocycles. The highest BCUT2D eigenvalue weighted by atomic mass is 16.1. The standard InChI is InChI=1S/C24H33N5O/c1-18(2)28-12-14-29(15-13-28)23-17-25-22(16-26-23)19-8-10-21(11-9-19)27-24(30)20-6-4-3-5-7-20/h8-11,16-18,20H,3-7,12-15H2,1-2H3,(H,27,30). The van der Waals surface area contributed by atoms with Gasteiger partial charge < -0.3 is 10.2 Å². The molecule has 4 rings (SSSR count). The molecule has 2 aliphatic rings. The van der Waals surface area contributed by atoms with E-state index in [4.69, 9.17) is 0 Å². The highest BCUT2D eigenvalue weighted by molar-refractivity contribution is 5.92. The van der Waals surface area contributed by atoms with E-state index in [1.807, 2.05) is 36.7 Å². The van der Waals surface area contributed by atoms with Gasteiger partial charge in [-0.3, -0.25) is 14.7 Å². The van der Waals surface area contributed by atoms with Crippen LogP contribution in [-0.2, 0) is 4.79 Å². The number of piperazine rings is 1. The van der Waals surface area contributed by atoms with Gasteiger partial charge in [0.2, 0.25) is 5.91 Å². The van der Waals surface area contributed by atoms with Gasteiger partial charge in [-0.05, 0) is 38.8 Å². The number of rotatable bonds is 5. The molecule has 6 heteroatoms. The van der Waals surface area contributed by atoms with Crippen molar-refractivity contribution in [1.29, 1.82) is 0 Å². The Kier molecular flexibility index (Phi) is 6.62. The Balaban J connectivity index is 1.34. The summed E-state index contributed by atoms with van der Waals surface area (Å²) in [4.78, 5) is 26.5. The first-order chi connectivity index (χ1) is 14.6. The minimum atomic E-state index is 0.157. The molecule has 1 aliphatic heterocycles. The molecule has 1 saturated carbocycles. The molecular formula is C24H33N5O. The molecule has 1 aliphatic carbocycles. The van der Waals surface area contributed by atoms with Gasteiger partial charge in [0.25, 0.3) is 0 Å². The average molecular weight is 408 g/mol. The molecule has 0 bridgehead atoms. The molecule has 160 valence electrons. The minimum Gasteiger partial charge on any atom is -0.353 e. The third kappa shape index (κ3) is 4.98. The molecule has 1 aromatic carbocycles. The number of benzene rings is 1. The van der Waals surface area contributed by atoms with E-state index in [1.165, 1.54) is 19.3 Å². The van der Waals surface area contributed by atoms with E-state index in [0.29, 0.717) is 6.04 Å². The Morgan fingerprint density at radius 1 is 0.967 bits per heavy atom. The van der Waals surface area contributed by atoms with E-state index >= 15 is 0 Å². The quantitative estimate of drug-likeness (QED) is 0.805. The fraction of sp³-hybridized carbons (Fsp3) is 0.542. The van der Waals surface area contributed by atoms with Crippen molar-refractivity contribution in [3.8, 4) is 11.3 Å². The number of hydrogen-bond donors (Lipinski definition) is 1. The Morgan fingerprint density at radius 2 is 1.67 bits per heavy atom. The van der Waals surface area contributed by atoms with Crippen molar-refractivity contribution in [1.82, 2.24) is 14.9 Å². The predicted molar refractivity (Wildman–Crippen MR) is 122 cm³/mol. The topological polar surface area (TPSA) is 61.4 Å². The lowest BCUT2D eigenvalue weighted by Crippen LogP contribution is -2.49. The minimum absolute atomic E-state index is 0.157. The molecule has 2 heterocycles. The molecule has 0 spiro atoms. The van der Waals surface area contributed by atoms with Crippen LogP contribution in [0, 0.1) is 5.92 Å². The lowest BCUT2D eigenvalue weighted by atomic mass is 9.88. The zero-order valence-corrected chi connectivity index (χ0v) is 18.2. The normalized spacial score (nSPS) is 18.6. The van der Waals surface area contributed by atoms with Gasteiger partial charge >= 0.3 is 0 Å². The molecule has 1 N–H and O–H groups in total. The van der Waals surface area contributed by atoms with Crippen molar-refractivity contribution in [2.45, 2.75) is 52.0 Å². The van der Waals surface area contributed by atoms with E-state index in [2.05, 4.69) is 38.9 Å². The number of carbonyl (C=O) groups excluding carboxylic acids is 1. The average Bonchev–Trinajstić information content (AvgIpc) is 2.80. The maximum Gasteiger partial charge on any atom is 0.227 e. The van der Waals surface area contributed by atoms with Crippen LogP contribution in [0.4, 0.5) is 11.5 Å². The van der Waals surface area contributed by atoms with Crippen LogP contribution in [0.1, 0.15) is 46.0 Å². The van der Waals surface area contributed by atoms with Crippen LogP contribution in [0.3, 0.4) is 0 Å². The summed E-state index contributed by atoms with van der Waals surface area (Å²) in [6.45, 7) is 8.60. The van der Waals surface area contributed by atoms with Gasteiger partial charge in [0.15, 0.2) is 0 Å². The smallest absolute Gasteiger partial charge is 0.227 e. The van der Waals surface area contributed by atoms with Gasteiger partial charge in [-0.25, -0.2) is 4.98 Å². The molecule has 1 amide bonds. The van der Waals surface area contributed by atoms with Gasteiger partial charge in [-0.2, -0.15) is 0 Å². The molecule has 6 nitrogen and oxygen atoms in total.